The van der Waals surface area contributed by atoms with Crippen LogP contribution in [-0.4, -0.2) is 19.7 Å². The number of para-hydroxylation sites is 1. The third kappa shape index (κ3) is 5.17. The van der Waals surface area contributed by atoms with Gasteiger partial charge >= 0.3 is 5.97 Å². The first-order chi connectivity index (χ1) is 12.0. The Kier molecular flexibility index (Phi) is 6.74. The summed E-state index contributed by atoms with van der Waals surface area (Å²) in [5.41, 5.74) is 1.04. The van der Waals surface area contributed by atoms with E-state index in [4.69, 9.17) is 14.2 Å². The number of hydrogen-bond acceptors (Lipinski definition) is 4. The Morgan fingerprint density at radius 2 is 1.80 bits per heavy atom. The first-order valence-electron chi connectivity index (χ1n) is 7.93. The van der Waals surface area contributed by atoms with Crippen LogP contribution in [0.15, 0.2) is 36.4 Å². The monoisotopic (exact) mass is 350 g/mol. The smallest absolute Gasteiger partial charge is 0.306 e. The van der Waals surface area contributed by atoms with Crippen molar-refractivity contribution in [2.24, 2.45) is 0 Å². The van der Waals surface area contributed by atoms with E-state index >= 15 is 0 Å². The van der Waals surface area contributed by atoms with E-state index in [1.165, 1.54) is 19.2 Å². The van der Waals surface area contributed by atoms with Crippen molar-refractivity contribution in [3.63, 3.8) is 0 Å². The van der Waals surface area contributed by atoms with Crippen molar-refractivity contribution < 1.29 is 27.8 Å². The van der Waals surface area contributed by atoms with Crippen LogP contribution in [0.1, 0.15) is 24.5 Å². The summed E-state index contributed by atoms with van der Waals surface area (Å²) >= 11 is 0. The molecule has 0 aromatic heterocycles. The van der Waals surface area contributed by atoms with Gasteiger partial charge in [0.05, 0.1) is 13.7 Å². The molecule has 2 rings (SSSR count). The van der Waals surface area contributed by atoms with Gasteiger partial charge in [0.15, 0.2) is 17.4 Å². The Labute approximate surface area is 145 Å². The quantitative estimate of drug-likeness (QED) is 0.674. The maximum atomic E-state index is 14.2. The second-order valence-electron chi connectivity index (χ2n) is 5.29. The molecule has 0 heterocycles. The van der Waals surface area contributed by atoms with Crippen molar-refractivity contribution >= 4 is 5.97 Å². The molecule has 2 aromatic carbocycles. The Bertz CT molecular complexity index is 708. The van der Waals surface area contributed by atoms with Crippen molar-refractivity contribution in [1.82, 2.24) is 0 Å². The van der Waals surface area contributed by atoms with E-state index in [9.17, 15) is 13.6 Å². The predicted octanol–water partition coefficient (Wildman–Crippen LogP) is 4.05. The van der Waals surface area contributed by atoms with Crippen molar-refractivity contribution in [2.75, 3.05) is 13.7 Å². The summed E-state index contributed by atoms with van der Waals surface area (Å²) in [6.07, 6.45) is 0.258. The molecule has 0 aliphatic rings. The minimum atomic E-state index is -0.811. The zero-order valence-electron chi connectivity index (χ0n) is 14.2. The van der Waals surface area contributed by atoms with E-state index in [-0.39, 0.29) is 26.1 Å². The van der Waals surface area contributed by atoms with Crippen molar-refractivity contribution in [1.29, 1.82) is 0 Å². The van der Waals surface area contributed by atoms with Crippen molar-refractivity contribution in [2.45, 2.75) is 26.4 Å². The molecule has 6 heteroatoms. The van der Waals surface area contributed by atoms with Gasteiger partial charge < -0.3 is 14.2 Å². The van der Waals surface area contributed by atoms with Gasteiger partial charge in [-0.3, -0.25) is 4.79 Å². The third-order valence-corrected chi connectivity index (χ3v) is 3.55. The molecule has 0 amide bonds. The molecule has 0 aliphatic heterocycles. The molecule has 4 nitrogen and oxygen atoms in total. The van der Waals surface area contributed by atoms with Crippen molar-refractivity contribution in [3.8, 4) is 11.5 Å². The van der Waals surface area contributed by atoms with Gasteiger partial charge in [0.25, 0.3) is 0 Å². The molecule has 0 aliphatic carbocycles. The van der Waals surface area contributed by atoms with E-state index in [0.717, 1.165) is 0 Å². The van der Waals surface area contributed by atoms with Crippen LogP contribution in [0, 0.1) is 11.6 Å². The number of rotatable bonds is 8. The van der Waals surface area contributed by atoms with E-state index in [0.29, 0.717) is 16.9 Å². The SMILES string of the molecule is CCOC(=O)CCc1cc(F)c(OCc2ccccc2OC)c(F)c1. The van der Waals surface area contributed by atoms with E-state index in [1.807, 2.05) is 0 Å². The molecule has 2 aromatic rings. The number of benzene rings is 2. The number of halogens is 2. The Morgan fingerprint density at radius 3 is 2.44 bits per heavy atom. The van der Waals surface area contributed by atoms with E-state index in [2.05, 4.69) is 0 Å². The molecular weight excluding hydrogens is 330 g/mol. The molecule has 0 atom stereocenters. The van der Waals surface area contributed by atoms with Crippen LogP contribution in [0.4, 0.5) is 8.78 Å². The van der Waals surface area contributed by atoms with E-state index in [1.54, 1.807) is 31.2 Å². The van der Waals surface area contributed by atoms with Crippen LogP contribution < -0.4 is 9.47 Å². The fourth-order valence-corrected chi connectivity index (χ4v) is 2.35. The number of methoxy groups -OCH3 is 1. The largest absolute Gasteiger partial charge is 0.496 e. The number of ether oxygens (including phenoxy) is 3. The topological polar surface area (TPSA) is 44.8 Å². The first kappa shape index (κ1) is 18.7. The maximum Gasteiger partial charge on any atom is 0.306 e. The highest BCUT2D eigenvalue weighted by atomic mass is 19.1. The molecule has 0 bridgehead atoms. The normalized spacial score (nSPS) is 10.4. The maximum absolute atomic E-state index is 14.2. The molecule has 134 valence electrons. The van der Waals surface area contributed by atoms with Crippen LogP contribution in [0.3, 0.4) is 0 Å². The highest BCUT2D eigenvalue weighted by molar-refractivity contribution is 5.69. The molecule has 0 spiro atoms. The van der Waals surface area contributed by atoms with Gasteiger partial charge in [-0.25, -0.2) is 8.78 Å². The molecule has 0 N–H and O–H groups in total. The lowest BCUT2D eigenvalue weighted by Crippen LogP contribution is -2.06. The van der Waals surface area contributed by atoms with E-state index < -0.39 is 23.4 Å². The number of aryl methyl sites for hydroxylation is 1. The molecule has 0 saturated heterocycles. The predicted molar refractivity (Wildman–Crippen MR) is 88.6 cm³/mol. The third-order valence-electron chi connectivity index (χ3n) is 3.55. The lowest BCUT2D eigenvalue weighted by molar-refractivity contribution is -0.143. The Hall–Kier alpha value is -2.63. The van der Waals surface area contributed by atoms with Crippen LogP contribution in [0.5, 0.6) is 11.5 Å². The fourth-order valence-electron chi connectivity index (χ4n) is 2.35. The average molecular weight is 350 g/mol. The summed E-state index contributed by atoms with van der Waals surface area (Å²) in [5, 5.41) is 0. The standard InChI is InChI=1S/C19H20F2O4/c1-3-24-18(22)9-8-13-10-15(20)19(16(21)11-13)25-12-14-6-4-5-7-17(14)23-2/h4-7,10-11H,3,8-9,12H2,1-2H3. The zero-order chi connectivity index (χ0) is 18.2. The number of esters is 1. The summed E-state index contributed by atoms with van der Waals surface area (Å²) in [5.74, 6) is -1.90. The summed E-state index contributed by atoms with van der Waals surface area (Å²) in [6.45, 7) is 1.95. The summed E-state index contributed by atoms with van der Waals surface area (Å²) in [7, 11) is 1.51. The van der Waals surface area contributed by atoms with Gasteiger partial charge in [0.2, 0.25) is 0 Å². The number of carbonyl (C=O) groups is 1. The van der Waals surface area contributed by atoms with Crippen LogP contribution in [-0.2, 0) is 22.6 Å². The number of hydrogen-bond donors (Lipinski definition) is 0. The van der Waals surface area contributed by atoms with Gasteiger partial charge in [0, 0.05) is 12.0 Å². The molecule has 25 heavy (non-hydrogen) atoms. The molecular formula is C19H20F2O4. The van der Waals surface area contributed by atoms with Gasteiger partial charge in [-0.15, -0.1) is 0 Å². The average Bonchev–Trinajstić information content (AvgIpc) is 2.60. The Balaban J connectivity index is 2.05. The van der Waals surface area contributed by atoms with Gasteiger partial charge in [-0.1, -0.05) is 18.2 Å². The highest BCUT2D eigenvalue weighted by Gasteiger charge is 2.15. The zero-order valence-corrected chi connectivity index (χ0v) is 14.2. The summed E-state index contributed by atoms with van der Waals surface area (Å²) in [4.78, 5) is 11.3. The van der Waals surface area contributed by atoms with Crippen LogP contribution >= 0.6 is 0 Å². The van der Waals surface area contributed by atoms with Crippen molar-refractivity contribution in [3.05, 3.63) is 59.2 Å². The van der Waals surface area contributed by atoms with Gasteiger partial charge in [-0.2, -0.15) is 0 Å². The first-order valence-corrected chi connectivity index (χ1v) is 7.93. The van der Waals surface area contributed by atoms with Crippen LogP contribution in [0.25, 0.3) is 0 Å². The molecule has 0 fully saturated rings. The lowest BCUT2D eigenvalue weighted by atomic mass is 10.1. The second-order valence-corrected chi connectivity index (χ2v) is 5.29. The van der Waals surface area contributed by atoms with Gasteiger partial charge in [-0.05, 0) is 37.1 Å². The fraction of sp³-hybridized carbons (Fsp3) is 0.316. The van der Waals surface area contributed by atoms with Crippen LogP contribution in [0.2, 0.25) is 0 Å². The minimum absolute atomic E-state index is 0.0278. The molecule has 0 unspecified atom stereocenters. The second kappa shape index (κ2) is 9.01. The lowest BCUT2D eigenvalue weighted by Gasteiger charge is -2.12. The molecule has 0 saturated carbocycles. The minimum Gasteiger partial charge on any atom is -0.496 e. The van der Waals surface area contributed by atoms with Gasteiger partial charge in [0.1, 0.15) is 12.4 Å². The number of carbonyl (C=O) groups excluding carboxylic acids is 1. The summed E-state index contributed by atoms with van der Waals surface area (Å²) in [6, 6.07) is 9.40. The molecule has 0 radical (unpaired) electrons. The summed E-state index contributed by atoms with van der Waals surface area (Å²) < 4.78 is 43.6. The Morgan fingerprint density at radius 1 is 1.12 bits per heavy atom. The highest BCUT2D eigenvalue weighted by Crippen LogP contribution is 2.26.